The molecule has 0 bridgehead atoms. The van der Waals surface area contributed by atoms with E-state index >= 15 is 0 Å². The first-order chi connectivity index (χ1) is 13.3. The molecule has 0 aliphatic rings. The number of benzene rings is 2. The zero-order valence-electron chi connectivity index (χ0n) is 16.1. The second kappa shape index (κ2) is 10.5. The number of hydrogen-bond donors (Lipinski definition) is 1. The van der Waals surface area contributed by atoms with E-state index in [4.69, 9.17) is 16.3 Å². The van der Waals surface area contributed by atoms with E-state index in [1.165, 1.54) is 28.5 Å². The van der Waals surface area contributed by atoms with Gasteiger partial charge in [-0.3, -0.25) is 0 Å². The molecule has 27 heavy (non-hydrogen) atoms. The van der Waals surface area contributed by atoms with Gasteiger partial charge < -0.3 is 14.6 Å². The molecule has 4 heteroatoms. The third-order valence-corrected chi connectivity index (χ3v) is 4.95. The molecule has 1 N–H and O–H groups in total. The lowest BCUT2D eigenvalue weighted by Crippen LogP contribution is -2.16. The number of halogens is 1. The fourth-order valence-electron chi connectivity index (χ4n) is 3.30. The summed E-state index contributed by atoms with van der Waals surface area (Å²) >= 11 is 6.14. The van der Waals surface area contributed by atoms with Gasteiger partial charge in [0.1, 0.15) is 0 Å². The number of ether oxygens (including phenoxy) is 1. The molecule has 2 aromatic carbocycles. The highest BCUT2D eigenvalue weighted by molar-refractivity contribution is 6.30. The van der Waals surface area contributed by atoms with E-state index in [9.17, 15) is 0 Å². The maximum Gasteiger partial charge on any atom is 0.0486 e. The summed E-state index contributed by atoms with van der Waals surface area (Å²) in [5.41, 5.74) is 3.81. The predicted molar refractivity (Wildman–Crippen MR) is 115 cm³/mol. The lowest BCUT2D eigenvalue weighted by atomic mass is 10.2. The smallest absolute Gasteiger partial charge is 0.0486 e. The standard InChI is InChI=1S/C23H29ClN2O/c1-2-3-13-27-14-7-12-25-16-20-18-26(23-11-5-4-10-22(20)23)17-19-8-6-9-21(24)15-19/h4-6,8-11,15,18,25H,2-3,7,12-14,16-17H2,1H3. The Balaban J connectivity index is 1.59. The summed E-state index contributed by atoms with van der Waals surface area (Å²) in [7, 11) is 0. The first kappa shape index (κ1) is 19.9. The van der Waals surface area contributed by atoms with Crippen molar-refractivity contribution in [1.82, 2.24) is 9.88 Å². The van der Waals surface area contributed by atoms with Gasteiger partial charge in [-0.1, -0.05) is 55.3 Å². The van der Waals surface area contributed by atoms with Crippen molar-refractivity contribution in [2.75, 3.05) is 19.8 Å². The van der Waals surface area contributed by atoms with Gasteiger partial charge in [-0.25, -0.2) is 0 Å². The monoisotopic (exact) mass is 384 g/mol. The van der Waals surface area contributed by atoms with Gasteiger partial charge in [0, 0.05) is 48.4 Å². The highest BCUT2D eigenvalue weighted by Gasteiger charge is 2.08. The van der Waals surface area contributed by atoms with E-state index in [1.807, 2.05) is 18.2 Å². The van der Waals surface area contributed by atoms with E-state index in [-0.39, 0.29) is 0 Å². The van der Waals surface area contributed by atoms with Gasteiger partial charge in [0.05, 0.1) is 0 Å². The third-order valence-electron chi connectivity index (χ3n) is 4.71. The number of nitrogens with one attached hydrogen (secondary N) is 1. The van der Waals surface area contributed by atoms with Crippen LogP contribution in [-0.2, 0) is 17.8 Å². The van der Waals surface area contributed by atoms with Crippen molar-refractivity contribution in [3.8, 4) is 0 Å². The van der Waals surface area contributed by atoms with Gasteiger partial charge in [-0.2, -0.15) is 0 Å². The van der Waals surface area contributed by atoms with Crippen LogP contribution in [0.1, 0.15) is 37.3 Å². The molecule has 0 amide bonds. The highest BCUT2D eigenvalue weighted by atomic mass is 35.5. The van der Waals surface area contributed by atoms with Crippen LogP contribution in [-0.4, -0.2) is 24.3 Å². The quantitative estimate of drug-likeness (QED) is 0.433. The molecule has 0 atom stereocenters. The molecule has 0 fully saturated rings. The molecule has 3 nitrogen and oxygen atoms in total. The molecule has 3 rings (SSSR count). The van der Waals surface area contributed by atoms with Crippen LogP contribution < -0.4 is 5.32 Å². The minimum absolute atomic E-state index is 0.784. The Hall–Kier alpha value is -1.81. The summed E-state index contributed by atoms with van der Waals surface area (Å²) in [6.45, 7) is 6.58. The Bertz CT molecular complexity index is 843. The molecule has 0 unspecified atom stereocenters. The molecular weight excluding hydrogens is 356 g/mol. The van der Waals surface area contributed by atoms with Crippen LogP contribution in [0.5, 0.6) is 0 Å². The normalized spacial score (nSPS) is 11.3. The summed E-state index contributed by atoms with van der Waals surface area (Å²) in [6.07, 6.45) is 5.65. The van der Waals surface area contributed by atoms with E-state index in [0.29, 0.717) is 0 Å². The highest BCUT2D eigenvalue weighted by Crippen LogP contribution is 2.23. The van der Waals surface area contributed by atoms with Crippen LogP contribution in [0.4, 0.5) is 0 Å². The molecule has 1 aromatic heterocycles. The van der Waals surface area contributed by atoms with Crippen LogP contribution in [0.15, 0.2) is 54.7 Å². The van der Waals surface area contributed by atoms with Crippen molar-refractivity contribution in [2.45, 2.75) is 39.3 Å². The minimum Gasteiger partial charge on any atom is -0.381 e. The van der Waals surface area contributed by atoms with Crippen molar-refractivity contribution in [1.29, 1.82) is 0 Å². The predicted octanol–water partition coefficient (Wildman–Crippen LogP) is 5.64. The molecule has 0 saturated heterocycles. The molecule has 0 spiro atoms. The Morgan fingerprint density at radius 2 is 1.89 bits per heavy atom. The number of fused-ring (bicyclic) bond motifs is 1. The molecule has 3 aromatic rings. The lowest BCUT2D eigenvalue weighted by molar-refractivity contribution is 0.129. The van der Waals surface area contributed by atoms with E-state index in [1.54, 1.807) is 0 Å². The van der Waals surface area contributed by atoms with Gasteiger partial charge in [0.25, 0.3) is 0 Å². The number of aromatic nitrogens is 1. The molecule has 0 aliphatic heterocycles. The number of hydrogen-bond acceptors (Lipinski definition) is 2. The fraction of sp³-hybridized carbons (Fsp3) is 0.391. The first-order valence-corrected chi connectivity index (χ1v) is 10.3. The topological polar surface area (TPSA) is 26.2 Å². The molecule has 144 valence electrons. The minimum atomic E-state index is 0.784. The molecule has 1 heterocycles. The van der Waals surface area contributed by atoms with Crippen molar-refractivity contribution < 1.29 is 4.74 Å². The summed E-state index contributed by atoms with van der Waals surface area (Å²) in [5.74, 6) is 0. The van der Waals surface area contributed by atoms with Crippen LogP contribution in [0.2, 0.25) is 5.02 Å². The van der Waals surface area contributed by atoms with Crippen molar-refractivity contribution in [3.05, 3.63) is 70.9 Å². The van der Waals surface area contributed by atoms with Crippen LogP contribution in [0.25, 0.3) is 10.9 Å². The van der Waals surface area contributed by atoms with E-state index in [2.05, 4.69) is 53.3 Å². The summed E-state index contributed by atoms with van der Waals surface area (Å²) in [4.78, 5) is 0. The molecular formula is C23H29ClN2O. The Labute approximate surface area is 167 Å². The fourth-order valence-corrected chi connectivity index (χ4v) is 3.51. The number of unbranched alkanes of at least 4 members (excludes halogenated alkanes) is 1. The molecule has 0 saturated carbocycles. The Morgan fingerprint density at radius 3 is 2.74 bits per heavy atom. The van der Waals surface area contributed by atoms with Crippen LogP contribution >= 0.6 is 11.6 Å². The second-order valence-electron chi connectivity index (χ2n) is 6.93. The number of nitrogens with zero attached hydrogens (tertiary/aromatic N) is 1. The average Bonchev–Trinajstić information content (AvgIpc) is 3.02. The van der Waals surface area contributed by atoms with Gasteiger partial charge >= 0.3 is 0 Å². The maximum atomic E-state index is 6.14. The van der Waals surface area contributed by atoms with Gasteiger partial charge in [-0.05, 0) is 48.7 Å². The van der Waals surface area contributed by atoms with Gasteiger partial charge in [0.15, 0.2) is 0 Å². The Kier molecular flexibility index (Phi) is 7.76. The second-order valence-corrected chi connectivity index (χ2v) is 7.36. The summed E-state index contributed by atoms with van der Waals surface area (Å²) in [5, 5.41) is 5.65. The average molecular weight is 385 g/mol. The molecule has 0 aliphatic carbocycles. The number of rotatable bonds is 11. The van der Waals surface area contributed by atoms with Crippen LogP contribution in [0, 0.1) is 0 Å². The van der Waals surface area contributed by atoms with Crippen LogP contribution in [0.3, 0.4) is 0 Å². The first-order valence-electron chi connectivity index (χ1n) is 9.87. The Morgan fingerprint density at radius 1 is 1.04 bits per heavy atom. The zero-order chi connectivity index (χ0) is 18.9. The number of para-hydroxylation sites is 1. The molecule has 0 radical (unpaired) electrons. The summed E-state index contributed by atoms with van der Waals surface area (Å²) in [6, 6.07) is 16.7. The summed E-state index contributed by atoms with van der Waals surface area (Å²) < 4.78 is 7.93. The largest absolute Gasteiger partial charge is 0.381 e. The zero-order valence-corrected chi connectivity index (χ0v) is 16.8. The lowest BCUT2D eigenvalue weighted by Gasteiger charge is -2.06. The third kappa shape index (κ3) is 5.83. The van der Waals surface area contributed by atoms with Crippen molar-refractivity contribution in [2.24, 2.45) is 0 Å². The van der Waals surface area contributed by atoms with Gasteiger partial charge in [-0.15, -0.1) is 0 Å². The maximum absolute atomic E-state index is 6.14. The van der Waals surface area contributed by atoms with E-state index < -0.39 is 0 Å². The van der Waals surface area contributed by atoms with E-state index in [0.717, 1.165) is 50.7 Å². The SMILES string of the molecule is CCCCOCCCNCc1cn(Cc2cccc(Cl)c2)c2ccccc12. The van der Waals surface area contributed by atoms with Crippen molar-refractivity contribution >= 4 is 22.5 Å². The van der Waals surface area contributed by atoms with Gasteiger partial charge in [0.2, 0.25) is 0 Å². The van der Waals surface area contributed by atoms with Crippen molar-refractivity contribution in [3.63, 3.8) is 0 Å².